The van der Waals surface area contributed by atoms with Crippen molar-refractivity contribution < 1.29 is 23.5 Å². The Hall–Kier alpha value is -1.08. The normalized spacial score (nSPS) is 21.6. The molecule has 0 spiro atoms. The highest BCUT2D eigenvalue weighted by molar-refractivity contribution is 6.74. The number of rotatable bonds is 4. The number of methoxy groups -OCH3 is 1. The molecule has 1 N–H and O–H groups in total. The van der Waals surface area contributed by atoms with Gasteiger partial charge in [0.1, 0.15) is 12.6 Å². The Morgan fingerprint density at radius 1 is 1.47 bits per heavy atom. The topological polar surface area (TPSA) is 73.9 Å². The van der Waals surface area contributed by atoms with E-state index < -0.39 is 32.5 Å². The average Bonchev–Trinajstić information content (AvgIpc) is 2.70. The van der Waals surface area contributed by atoms with Gasteiger partial charge < -0.3 is 19.2 Å². The largest absolute Gasteiger partial charge is 0.467 e. The predicted molar refractivity (Wildman–Crippen MR) is 72.4 cm³/mol. The van der Waals surface area contributed by atoms with Crippen molar-refractivity contribution in [2.24, 2.45) is 0 Å². The molecule has 7 heteroatoms. The number of carbonyl (C=O) groups excluding carboxylic acids is 2. The van der Waals surface area contributed by atoms with Crippen LogP contribution in [0.15, 0.2) is 0 Å². The Labute approximate surface area is 114 Å². The van der Waals surface area contributed by atoms with Crippen LogP contribution in [0.5, 0.6) is 0 Å². The van der Waals surface area contributed by atoms with Crippen LogP contribution in [0.4, 0.5) is 4.79 Å². The molecule has 0 aromatic rings. The molecule has 1 rings (SSSR count). The number of amides is 1. The lowest BCUT2D eigenvalue weighted by Crippen LogP contribution is -2.53. The van der Waals surface area contributed by atoms with Crippen LogP contribution in [0.1, 0.15) is 20.8 Å². The lowest BCUT2D eigenvalue weighted by Gasteiger charge is -2.39. The van der Waals surface area contributed by atoms with Crippen molar-refractivity contribution >= 4 is 20.4 Å². The Morgan fingerprint density at radius 3 is 2.42 bits per heavy atom. The number of alkyl carbamates (subject to hydrolysis) is 1. The zero-order valence-corrected chi connectivity index (χ0v) is 13.4. The number of cyclic esters (lactones) is 1. The zero-order valence-electron chi connectivity index (χ0n) is 12.4. The molecule has 1 saturated heterocycles. The van der Waals surface area contributed by atoms with Gasteiger partial charge in [-0.3, -0.25) is 0 Å². The van der Waals surface area contributed by atoms with Crippen LogP contribution < -0.4 is 5.32 Å². The molecule has 0 aromatic carbocycles. The second-order valence-electron chi connectivity index (χ2n) is 6.17. The van der Waals surface area contributed by atoms with E-state index in [1.54, 1.807) is 0 Å². The lowest BCUT2D eigenvalue weighted by molar-refractivity contribution is -0.150. The molecule has 110 valence electrons. The van der Waals surface area contributed by atoms with Gasteiger partial charge in [-0.15, -0.1) is 0 Å². The minimum atomic E-state index is -2.14. The van der Waals surface area contributed by atoms with Crippen LogP contribution in [0.2, 0.25) is 18.1 Å². The van der Waals surface area contributed by atoms with Crippen LogP contribution in [-0.2, 0) is 18.7 Å². The molecule has 1 unspecified atom stereocenters. The maximum Gasteiger partial charge on any atom is 0.407 e. The number of esters is 1. The molecule has 2 atom stereocenters. The number of ether oxygens (including phenoxy) is 2. The fourth-order valence-electron chi connectivity index (χ4n) is 1.47. The number of nitrogens with one attached hydrogen (secondary N) is 1. The third-order valence-electron chi connectivity index (χ3n) is 3.72. The monoisotopic (exact) mass is 289 g/mol. The van der Waals surface area contributed by atoms with Gasteiger partial charge in [-0.1, -0.05) is 20.8 Å². The van der Waals surface area contributed by atoms with E-state index in [-0.39, 0.29) is 11.6 Å². The fourth-order valence-corrected chi connectivity index (χ4v) is 2.72. The van der Waals surface area contributed by atoms with Crippen molar-refractivity contribution in [3.8, 4) is 0 Å². The predicted octanol–water partition coefficient (Wildman–Crippen LogP) is 1.66. The van der Waals surface area contributed by atoms with Crippen molar-refractivity contribution in [3.05, 3.63) is 0 Å². The second kappa shape index (κ2) is 5.50. The molecule has 0 aliphatic carbocycles. The van der Waals surface area contributed by atoms with Crippen molar-refractivity contribution in [1.82, 2.24) is 5.32 Å². The van der Waals surface area contributed by atoms with E-state index in [1.807, 2.05) is 13.1 Å². The maximum atomic E-state index is 11.9. The highest BCUT2D eigenvalue weighted by Gasteiger charge is 2.45. The van der Waals surface area contributed by atoms with E-state index in [2.05, 4.69) is 26.1 Å². The number of carbonyl (C=O) groups is 2. The van der Waals surface area contributed by atoms with Gasteiger partial charge in [0.2, 0.25) is 0 Å². The molecule has 0 radical (unpaired) electrons. The summed E-state index contributed by atoms with van der Waals surface area (Å²) in [6.45, 7) is 10.4. The van der Waals surface area contributed by atoms with E-state index >= 15 is 0 Å². The van der Waals surface area contributed by atoms with Gasteiger partial charge in [-0.2, -0.15) is 0 Å². The first-order valence-corrected chi connectivity index (χ1v) is 9.18. The second-order valence-corrected chi connectivity index (χ2v) is 10.9. The summed E-state index contributed by atoms with van der Waals surface area (Å²) >= 11 is 0. The van der Waals surface area contributed by atoms with Gasteiger partial charge in [0.05, 0.1) is 7.11 Å². The van der Waals surface area contributed by atoms with E-state index in [9.17, 15) is 9.59 Å². The summed E-state index contributed by atoms with van der Waals surface area (Å²) in [5.74, 6) is -0.486. The van der Waals surface area contributed by atoms with Crippen molar-refractivity contribution in [2.75, 3.05) is 13.7 Å². The van der Waals surface area contributed by atoms with E-state index in [0.717, 1.165) is 0 Å². The number of hydrogen-bond donors (Lipinski definition) is 1. The molecule has 1 aliphatic rings. The molecular weight excluding hydrogens is 266 g/mol. The quantitative estimate of drug-likeness (QED) is 0.629. The minimum Gasteiger partial charge on any atom is -0.467 e. The Morgan fingerprint density at radius 2 is 2.05 bits per heavy atom. The number of hydrogen-bond acceptors (Lipinski definition) is 5. The Kier molecular flexibility index (Phi) is 4.62. The summed E-state index contributed by atoms with van der Waals surface area (Å²) in [5.41, 5.74) is 0. The van der Waals surface area contributed by atoms with Gasteiger partial charge in [0.15, 0.2) is 14.4 Å². The molecule has 6 nitrogen and oxygen atoms in total. The van der Waals surface area contributed by atoms with Gasteiger partial charge in [0.25, 0.3) is 0 Å². The minimum absolute atomic E-state index is 0.0389. The highest BCUT2D eigenvalue weighted by atomic mass is 28.4. The molecule has 1 heterocycles. The van der Waals surface area contributed by atoms with Gasteiger partial charge in [-0.25, -0.2) is 9.59 Å². The van der Waals surface area contributed by atoms with Crippen molar-refractivity contribution in [3.63, 3.8) is 0 Å². The summed E-state index contributed by atoms with van der Waals surface area (Å²) in [7, 11) is -0.837. The summed E-state index contributed by atoms with van der Waals surface area (Å²) in [5, 5.41) is 2.54. The summed E-state index contributed by atoms with van der Waals surface area (Å²) in [6.07, 6.45) is -1.35. The summed E-state index contributed by atoms with van der Waals surface area (Å²) < 4.78 is 15.6. The molecule has 1 aliphatic heterocycles. The molecule has 1 fully saturated rings. The first-order valence-electron chi connectivity index (χ1n) is 6.27. The van der Waals surface area contributed by atoms with Crippen LogP contribution >= 0.6 is 0 Å². The molecule has 0 bridgehead atoms. The maximum absolute atomic E-state index is 11.9. The van der Waals surface area contributed by atoms with E-state index in [4.69, 9.17) is 13.9 Å². The smallest absolute Gasteiger partial charge is 0.407 e. The Bertz CT molecular complexity index is 364. The first kappa shape index (κ1) is 16.0. The van der Waals surface area contributed by atoms with Crippen LogP contribution in [0.25, 0.3) is 0 Å². The van der Waals surface area contributed by atoms with Gasteiger partial charge in [0, 0.05) is 0 Å². The first-order chi connectivity index (χ1) is 8.58. The molecule has 0 aromatic heterocycles. The van der Waals surface area contributed by atoms with Crippen LogP contribution in [-0.4, -0.2) is 46.2 Å². The Balaban J connectivity index is 2.87. The summed E-state index contributed by atoms with van der Waals surface area (Å²) in [4.78, 5) is 23.0. The lowest BCUT2D eigenvalue weighted by atomic mass is 10.2. The van der Waals surface area contributed by atoms with Crippen molar-refractivity contribution in [1.29, 1.82) is 0 Å². The van der Waals surface area contributed by atoms with E-state index in [0.29, 0.717) is 0 Å². The third-order valence-corrected chi connectivity index (χ3v) is 8.18. The van der Waals surface area contributed by atoms with Crippen molar-refractivity contribution in [2.45, 2.75) is 51.0 Å². The standard InChI is InChI=1S/C12H23NO5Si/c1-12(2,3)19(5,6)18-9(10(14)16-4)8-7-17-11(15)13-8/h8-9H,7H2,1-6H3,(H,13,15)/t8?,9-/m0/s1. The summed E-state index contributed by atoms with van der Waals surface area (Å²) in [6, 6.07) is -0.492. The van der Waals surface area contributed by atoms with E-state index in [1.165, 1.54) is 7.11 Å². The molecule has 19 heavy (non-hydrogen) atoms. The van der Waals surface area contributed by atoms with Gasteiger partial charge >= 0.3 is 12.1 Å². The molecule has 0 saturated carbocycles. The molecule has 1 amide bonds. The highest BCUT2D eigenvalue weighted by Crippen LogP contribution is 2.37. The average molecular weight is 289 g/mol. The van der Waals surface area contributed by atoms with Crippen LogP contribution in [0.3, 0.4) is 0 Å². The molecular formula is C12H23NO5Si. The zero-order chi connectivity index (χ0) is 14.8. The van der Waals surface area contributed by atoms with Gasteiger partial charge in [-0.05, 0) is 18.1 Å². The SMILES string of the molecule is COC(=O)[C@@H](O[Si](C)(C)C(C)(C)C)C1COC(=O)N1. The van der Waals surface area contributed by atoms with Crippen LogP contribution in [0, 0.1) is 0 Å². The third kappa shape index (κ3) is 3.70. The fraction of sp³-hybridized carbons (Fsp3) is 0.833.